The van der Waals surface area contributed by atoms with Gasteiger partial charge in [-0.1, -0.05) is 62.4 Å². The van der Waals surface area contributed by atoms with Crippen LogP contribution in [-0.2, 0) is 4.79 Å². The monoisotopic (exact) mass is 292 g/mol. The zero-order chi connectivity index (χ0) is 15.5. The number of hydrogen-bond acceptors (Lipinski definition) is 2. The maximum absolute atomic E-state index is 12.2. The number of ether oxygens (including phenoxy) is 1. The van der Waals surface area contributed by atoms with Crippen molar-refractivity contribution in [2.24, 2.45) is 5.92 Å². The number of carbonyl (C=O) groups excluding carboxylic acids is 1. The zero-order valence-electron chi connectivity index (χ0n) is 13.0. The molecule has 1 aliphatic heterocycles. The van der Waals surface area contributed by atoms with Gasteiger partial charge in [-0.3, -0.25) is 4.79 Å². The van der Waals surface area contributed by atoms with Crippen LogP contribution in [0.1, 0.15) is 31.4 Å². The van der Waals surface area contributed by atoms with Gasteiger partial charge in [-0.15, -0.1) is 0 Å². The van der Waals surface area contributed by atoms with Crippen molar-refractivity contribution < 1.29 is 9.53 Å². The summed E-state index contributed by atoms with van der Waals surface area (Å²) in [7, 11) is 0. The van der Waals surface area contributed by atoms with E-state index in [1.165, 1.54) is 0 Å². The molecule has 0 saturated heterocycles. The van der Waals surface area contributed by atoms with Gasteiger partial charge in [-0.2, -0.15) is 0 Å². The highest BCUT2D eigenvalue weighted by Crippen LogP contribution is 2.35. The fourth-order valence-electron chi connectivity index (χ4n) is 2.65. The second-order valence-corrected chi connectivity index (χ2v) is 5.94. The first kappa shape index (κ1) is 14.6. The van der Waals surface area contributed by atoms with Gasteiger partial charge >= 0.3 is 0 Å². The molecule has 1 heterocycles. The lowest BCUT2D eigenvalue weighted by Gasteiger charge is -2.27. The molecular weight excluding hydrogens is 272 g/mol. The van der Waals surface area contributed by atoms with Gasteiger partial charge in [-0.25, -0.2) is 0 Å². The predicted molar refractivity (Wildman–Crippen MR) is 89.6 cm³/mol. The van der Waals surface area contributed by atoms with Gasteiger partial charge in [0.15, 0.2) is 0 Å². The molecule has 0 amide bonds. The van der Waals surface area contributed by atoms with Crippen LogP contribution in [0.3, 0.4) is 0 Å². The lowest BCUT2D eigenvalue weighted by Crippen LogP contribution is -2.26. The average molecular weight is 292 g/mol. The van der Waals surface area contributed by atoms with Gasteiger partial charge in [0, 0.05) is 23.5 Å². The van der Waals surface area contributed by atoms with Crippen LogP contribution in [0.5, 0.6) is 5.75 Å². The van der Waals surface area contributed by atoms with Gasteiger partial charge in [0.05, 0.1) is 0 Å². The second kappa shape index (κ2) is 6.18. The van der Waals surface area contributed by atoms with Crippen LogP contribution in [0.4, 0.5) is 0 Å². The third kappa shape index (κ3) is 2.96. The molecule has 2 aromatic carbocycles. The minimum absolute atomic E-state index is 0.0257. The van der Waals surface area contributed by atoms with E-state index in [1.54, 1.807) is 0 Å². The predicted octanol–water partition coefficient (Wildman–Crippen LogP) is 4.60. The largest absolute Gasteiger partial charge is 0.485 e. The number of rotatable bonds is 4. The molecule has 0 aliphatic carbocycles. The van der Waals surface area contributed by atoms with Gasteiger partial charge in [-0.05, 0) is 17.7 Å². The first-order chi connectivity index (χ1) is 10.6. The van der Waals surface area contributed by atoms with E-state index in [4.69, 9.17) is 4.74 Å². The molecule has 2 aromatic rings. The minimum atomic E-state index is -0.216. The Balaban J connectivity index is 2.00. The molecule has 0 N–H and O–H groups in total. The number of Topliss-reactive ketones (excluding diaryl/α,β-unsaturated/α-hetero) is 1. The van der Waals surface area contributed by atoms with Crippen LogP contribution in [0.15, 0.2) is 54.6 Å². The van der Waals surface area contributed by atoms with Crippen molar-refractivity contribution in [1.29, 1.82) is 0 Å². The highest BCUT2D eigenvalue weighted by molar-refractivity contribution is 5.91. The molecule has 0 saturated carbocycles. The van der Waals surface area contributed by atoms with Gasteiger partial charge < -0.3 is 4.74 Å². The van der Waals surface area contributed by atoms with E-state index in [-0.39, 0.29) is 17.8 Å². The number of carbonyl (C=O) groups is 1. The number of hydrogen-bond donors (Lipinski definition) is 0. The standard InChI is InChI=1S/C20H20O2/c1-14(2)18(21)13-20-17(15-8-4-3-5-9-15)12-16-10-6-7-11-19(16)22-20/h3-12,14,20H,13H2,1-2H3. The van der Waals surface area contributed by atoms with Crippen molar-refractivity contribution in [2.45, 2.75) is 26.4 Å². The number of para-hydroxylation sites is 1. The second-order valence-electron chi connectivity index (χ2n) is 5.94. The van der Waals surface area contributed by atoms with E-state index in [0.29, 0.717) is 6.42 Å². The summed E-state index contributed by atoms with van der Waals surface area (Å²) >= 11 is 0. The van der Waals surface area contributed by atoms with Crippen molar-refractivity contribution >= 4 is 17.4 Å². The van der Waals surface area contributed by atoms with E-state index in [2.05, 4.69) is 18.2 Å². The molecule has 1 atom stereocenters. The summed E-state index contributed by atoms with van der Waals surface area (Å²) in [6.07, 6.45) is 2.34. The Kier molecular flexibility index (Phi) is 4.10. The van der Waals surface area contributed by atoms with Gasteiger partial charge in [0.25, 0.3) is 0 Å². The number of fused-ring (bicyclic) bond motifs is 1. The Bertz CT molecular complexity index is 699. The molecule has 112 valence electrons. The van der Waals surface area contributed by atoms with Crippen molar-refractivity contribution in [3.63, 3.8) is 0 Å². The maximum atomic E-state index is 12.2. The van der Waals surface area contributed by atoms with E-state index in [0.717, 1.165) is 22.4 Å². The van der Waals surface area contributed by atoms with Gasteiger partial charge in [0.1, 0.15) is 17.6 Å². The molecule has 2 nitrogen and oxygen atoms in total. The summed E-state index contributed by atoms with van der Waals surface area (Å²) in [5, 5.41) is 0. The number of benzene rings is 2. The van der Waals surface area contributed by atoms with Gasteiger partial charge in [0.2, 0.25) is 0 Å². The lowest BCUT2D eigenvalue weighted by molar-refractivity contribution is -0.122. The topological polar surface area (TPSA) is 26.3 Å². The Labute approximate surface area is 131 Å². The highest BCUT2D eigenvalue weighted by Gasteiger charge is 2.26. The van der Waals surface area contributed by atoms with Crippen LogP contribution in [-0.4, -0.2) is 11.9 Å². The molecule has 0 fully saturated rings. The molecule has 0 aromatic heterocycles. The summed E-state index contributed by atoms with van der Waals surface area (Å²) in [5.74, 6) is 1.10. The fraction of sp³-hybridized carbons (Fsp3) is 0.250. The Morgan fingerprint density at radius 2 is 1.73 bits per heavy atom. The smallest absolute Gasteiger partial charge is 0.139 e. The molecular formula is C20H20O2. The zero-order valence-corrected chi connectivity index (χ0v) is 13.0. The van der Waals surface area contributed by atoms with Crippen molar-refractivity contribution in [1.82, 2.24) is 0 Å². The first-order valence-electron chi connectivity index (χ1n) is 7.70. The lowest BCUT2D eigenvalue weighted by atomic mass is 9.90. The molecule has 3 rings (SSSR count). The average Bonchev–Trinajstić information content (AvgIpc) is 2.55. The molecule has 1 aliphatic rings. The van der Waals surface area contributed by atoms with E-state index in [1.807, 2.05) is 56.3 Å². The summed E-state index contributed by atoms with van der Waals surface area (Å²) in [6, 6.07) is 18.1. The molecule has 0 radical (unpaired) electrons. The Morgan fingerprint density at radius 3 is 2.45 bits per heavy atom. The Morgan fingerprint density at radius 1 is 1.05 bits per heavy atom. The minimum Gasteiger partial charge on any atom is -0.485 e. The number of ketones is 1. The van der Waals surface area contributed by atoms with E-state index < -0.39 is 0 Å². The van der Waals surface area contributed by atoms with Crippen LogP contribution in [0.25, 0.3) is 11.6 Å². The van der Waals surface area contributed by atoms with Crippen molar-refractivity contribution in [3.8, 4) is 5.75 Å². The molecule has 0 bridgehead atoms. The van der Waals surface area contributed by atoms with Crippen LogP contribution < -0.4 is 4.74 Å². The summed E-state index contributed by atoms with van der Waals surface area (Å²) in [5.41, 5.74) is 3.25. The van der Waals surface area contributed by atoms with Crippen LogP contribution in [0, 0.1) is 5.92 Å². The molecule has 1 unspecified atom stereocenters. The third-order valence-electron chi connectivity index (χ3n) is 3.98. The van der Waals surface area contributed by atoms with Crippen molar-refractivity contribution in [2.75, 3.05) is 0 Å². The summed E-state index contributed by atoms with van der Waals surface area (Å²) in [4.78, 5) is 12.2. The van der Waals surface area contributed by atoms with Crippen LogP contribution >= 0.6 is 0 Å². The third-order valence-corrected chi connectivity index (χ3v) is 3.98. The van der Waals surface area contributed by atoms with Crippen LogP contribution in [0.2, 0.25) is 0 Å². The summed E-state index contributed by atoms with van der Waals surface area (Å²) < 4.78 is 6.13. The van der Waals surface area contributed by atoms with E-state index >= 15 is 0 Å². The molecule has 2 heteroatoms. The Hall–Kier alpha value is -2.35. The normalized spacial score (nSPS) is 16.7. The quantitative estimate of drug-likeness (QED) is 0.823. The summed E-state index contributed by atoms with van der Waals surface area (Å²) in [6.45, 7) is 3.87. The molecule has 0 spiro atoms. The SMILES string of the molecule is CC(C)C(=O)CC1Oc2ccccc2C=C1c1ccccc1. The van der Waals surface area contributed by atoms with E-state index in [9.17, 15) is 4.79 Å². The highest BCUT2D eigenvalue weighted by atomic mass is 16.5. The molecule has 22 heavy (non-hydrogen) atoms. The fourth-order valence-corrected chi connectivity index (χ4v) is 2.65. The maximum Gasteiger partial charge on any atom is 0.139 e. The first-order valence-corrected chi connectivity index (χ1v) is 7.70. The van der Waals surface area contributed by atoms with Crippen molar-refractivity contribution in [3.05, 3.63) is 65.7 Å².